The van der Waals surface area contributed by atoms with Gasteiger partial charge in [-0.1, -0.05) is 20.8 Å². The molecule has 0 amide bonds. The summed E-state index contributed by atoms with van der Waals surface area (Å²) in [5, 5.41) is 23.4. The molecule has 2 heterocycles. The summed E-state index contributed by atoms with van der Waals surface area (Å²) in [4.78, 5) is 23.7. The van der Waals surface area contributed by atoms with E-state index >= 15 is 0 Å². The first-order valence-electron chi connectivity index (χ1n) is 10.4. The van der Waals surface area contributed by atoms with Gasteiger partial charge in [0.25, 0.3) is 13.7 Å². The predicted molar refractivity (Wildman–Crippen MR) is 115 cm³/mol. The lowest BCUT2D eigenvalue weighted by Gasteiger charge is -2.23. The molecule has 6 atom stereocenters. The molecular formula is C21H34N2O8P+. The zero-order valence-electron chi connectivity index (χ0n) is 19.3. The Morgan fingerprint density at radius 3 is 2.56 bits per heavy atom. The van der Waals surface area contributed by atoms with E-state index in [0.717, 1.165) is 0 Å². The fourth-order valence-corrected chi connectivity index (χ4v) is 4.36. The minimum absolute atomic E-state index is 0.152. The molecule has 0 saturated carbocycles. The van der Waals surface area contributed by atoms with E-state index in [1.165, 1.54) is 31.3 Å². The number of hydrogen-bond donors (Lipinski definition) is 3. The third-order valence-corrected chi connectivity index (χ3v) is 6.27. The number of aliphatic hydroxyl groups is 2. The maximum atomic E-state index is 12.8. The molecule has 11 heteroatoms. The summed E-state index contributed by atoms with van der Waals surface area (Å²) in [6.45, 7) is 9.96. The Bertz CT molecular complexity index is 872. The average Bonchev–Trinajstić information content (AvgIpc) is 2.98. The lowest BCUT2D eigenvalue weighted by molar-refractivity contribution is -0.765. The van der Waals surface area contributed by atoms with Gasteiger partial charge in [-0.3, -0.25) is 14.2 Å². The maximum absolute atomic E-state index is 12.8. The summed E-state index contributed by atoms with van der Waals surface area (Å²) in [5.41, 5.74) is 0.226. The smallest absolute Gasteiger partial charge is 0.323 e. The highest BCUT2D eigenvalue weighted by Gasteiger charge is 2.48. The molecule has 0 radical (unpaired) electrons. The number of ketones is 1. The van der Waals surface area contributed by atoms with Crippen LogP contribution in [0.4, 0.5) is 0 Å². The van der Waals surface area contributed by atoms with Crippen LogP contribution in [0.3, 0.4) is 0 Å². The van der Waals surface area contributed by atoms with Crippen molar-refractivity contribution in [1.29, 1.82) is 0 Å². The fourth-order valence-electron chi connectivity index (χ4n) is 3.04. The van der Waals surface area contributed by atoms with Gasteiger partial charge < -0.3 is 24.2 Å². The number of Topliss-reactive ketones (excluding diaryl/α,β-unsaturated/α-hetero) is 1. The molecule has 10 nitrogen and oxygen atoms in total. The van der Waals surface area contributed by atoms with E-state index in [0.29, 0.717) is 5.56 Å². The van der Waals surface area contributed by atoms with Gasteiger partial charge in [-0.2, -0.15) is 4.57 Å². The maximum Gasteiger partial charge on any atom is 0.323 e. The second-order valence-electron chi connectivity index (χ2n) is 9.30. The number of hydrogen-bond acceptors (Lipinski definition) is 8. The summed E-state index contributed by atoms with van der Waals surface area (Å²) < 4.78 is 30.6. The Morgan fingerprint density at radius 2 is 1.97 bits per heavy atom. The monoisotopic (exact) mass is 473 g/mol. The normalized spacial score (nSPS) is 26.4. The number of aliphatic hydroxyl groups excluding tert-OH is 2. The topological polar surface area (TPSA) is 135 Å². The largest absolute Gasteiger partial charge is 0.464 e. The van der Waals surface area contributed by atoms with E-state index in [9.17, 15) is 24.4 Å². The average molecular weight is 473 g/mol. The first-order valence-corrected chi connectivity index (χ1v) is 12.5. The number of rotatable bonds is 9. The van der Waals surface area contributed by atoms with Crippen LogP contribution >= 0.6 is 7.52 Å². The number of carbonyl (C=O) groups excluding carboxylic acids is 2. The van der Waals surface area contributed by atoms with Gasteiger partial charge >= 0.3 is 5.97 Å². The van der Waals surface area contributed by atoms with Crippen LogP contribution in [0.1, 0.15) is 51.2 Å². The molecule has 1 aliphatic heterocycles. The number of pyridine rings is 1. The molecule has 1 fully saturated rings. The molecule has 0 spiro atoms. The zero-order chi connectivity index (χ0) is 24.3. The first kappa shape index (κ1) is 26.6. The molecule has 0 aliphatic carbocycles. The minimum atomic E-state index is -3.45. The number of carbonyl (C=O) groups is 2. The van der Waals surface area contributed by atoms with Crippen molar-refractivity contribution in [2.24, 2.45) is 5.41 Å². The van der Waals surface area contributed by atoms with Crippen LogP contribution in [-0.4, -0.2) is 66.2 Å². The quantitative estimate of drug-likeness (QED) is 0.209. The van der Waals surface area contributed by atoms with Gasteiger partial charge in [-0.05, 0) is 25.3 Å². The van der Waals surface area contributed by atoms with Gasteiger partial charge in [0, 0.05) is 12.7 Å². The molecule has 1 unspecified atom stereocenters. The van der Waals surface area contributed by atoms with Crippen molar-refractivity contribution in [3.05, 3.63) is 30.1 Å². The highest BCUT2D eigenvalue weighted by Crippen LogP contribution is 2.39. The van der Waals surface area contributed by atoms with E-state index in [1.54, 1.807) is 18.3 Å². The van der Waals surface area contributed by atoms with Crippen molar-refractivity contribution < 1.29 is 42.9 Å². The summed E-state index contributed by atoms with van der Waals surface area (Å²) in [6.07, 6.45) is -1.39. The van der Waals surface area contributed by atoms with Gasteiger partial charge in [0.2, 0.25) is 0 Å². The van der Waals surface area contributed by atoms with Crippen molar-refractivity contribution in [2.75, 3.05) is 19.9 Å². The van der Waals surface area contributed by atoms with Crippen LogP contribution in [0.25, 0.3) is 0 Å². The van der Waals surface area contributed by atoms with Crippen molar-refractivity contribution >= 4 is 19.3 Å². The second-order valence-corrected chi connectivity index (χ2v) is 11.5. The number of nitrogens with zero attached hydrogens (tertiary/aromatic N) is 1. The molecule has 1 aromatic heterocycles. The van der Waals surface area contributed by atoms with E-state index in [-0.39, 0.29) is 24.4 Å². The molecule has 1 aromatic rings. The van der Waals surface area contributed by atoms with Crippen molar-refractivity contribution in [1.82, 2.24) is 5.09 Å². The molecule has 32 heavy (non-hydrogen) atoms. The first-order chi connectivity index (χ1) is 14.7. The predicted octanol–water partition coefficient (Wildman–Crippen LogP) is 1.20. The number of nitrogens with one attached hydrogen (secondary N) is 1. The zero-order valence-corrected chi connectivity index (χ0v) is 20.2. The van der Waals surface area contributed by atoms with E-state index in [4.69, 9.17) is 14.0 Å². The Balaban J connectivity index is 1.95. The van der Waals surface area contributed by atoms with Gasteiger partial charge in [-0.25, -0.2) is 5.09 Å². The van der Waals surface area contributed by atoms with Crippen molar-refractivity contribution in [3.63, 3.8) is 0 Å². The molecule has 0 aromatic carbocycles. The van der Waals surface area contributed by atoms with Crippen LogP contribution < -0.4 is 9.65 Å². The number of aromatic nitrogens is 1. The molecule has 0 bridgehead atoms. The molecule has 2 rings (SSSR count). The van der Waals surface area contributed by atoms with Gasteiger partial charge in [0.15, 0.2) is 24.3 Å². The Labute approximate surface area is 188 Å². The summed E-state index contributed by atoms with van der Waals surface area (Å²) in [7, 11) is -3.45. The van der Waals surface area contributed by atoms with E-state index in [2.05, 4.69) is 5.09 Å². The standard InChI is InChI=1S/C21H34N2O8P/c1-13(20(27)29-12-21(3,4)5)22-32(6,28)30-11-16-17(25)18(26)19(31-16)23-9-7-8-15(10-23)14(2)24/h7-10,13,16-19,25-26H,11-12H2,1-6H3,(H,22,28)/q+1/t13-,16+,17+,18+,19+,32?/m0/s1. The van der Waals surface area contributed by atoms with Gasteiger partial charge in [0.05, 0.1) is 18.8 Å². The van der Waals surface area contributed by atoms with Crippen LogP contribution in [0.15, 0.2) is 24.5 Å². The molecule has 180 valence electrons. The fraction of sp³-hybridized carbons (Fsp3) is 0.667. The van der Waals surface area contributed by atoms with Crippen LogP contribution in [0, 0.1) is 5.41 Å². The minimum Gasteiger partial charge on any atom is -0.464 e. The third-order valence-electron chi connectivity index (χ3n) is 4.77. The Morgan fingerprint density at radius 1 is 1.31 bits per heavy atom. The van der Waals surface area contributed by atoms with Crippen LogP contribution in [0.2, 0.25) is 0 Å². The number of esters is 1. The van der Waals surface area contributed by atoms with E-state index in [1.807, 2.05) is 20.8 Å². The summed E-state index contributed by atoms with van der Waals surface area (Å²) >= 11 is 0. The number of ether oxygens (including phenoxy) is 2. The van der Waals surface area contributed by atoms with Gasteiger partial charge in [-0.15, -0.1) is 0 Å². The lowest BCUT2D eigenvalue weighted by Crippen LogP contribution is -2.46. The van der Waals surface area contributed by atoms with Crippen LogP contribution in [-0.2, 0) is 23.4 Å². The van der Waals surface area contributed by atoms with E-state index < -0.39 is 44.1 Å². The van der Waals surface area contributed by atoms with Crippen LogP contribution in [0.5, 0.6) is 0 Å². The SMILES string of the molecule is CC(=O)c1ccc[n+]([C@@H]2O[C@H](COP(C)(=O)N[C@@H](C)C(=O)OCC(C)(C)C)[C@@H](O)[C@H]2O)c1. The molecule has 3 N–H and O–H groups in total. The van der Waals surface area contributed by atoms with Crippen molar-refractivity contribution in [2.45, 2.75) is 65.2 Å². The van der Waals surface area contributed by atoms with Gasteiger partial charge in [0.1, 0.15) is 18.2 Å². The molecule has 1 aliphatic rings. The molecular weight excluding hydrogens is 439 g/mol. The Kier molecular flexibility index (Phi) is 8.72. The highest BCUT2D eigenvalue weighted by molar-refractivity contribution is 7.56. The van der Waals surface area contributed by atoms with Crippen molar-refractivity contribution in [3.8, 4) is 0 Å². The third kappa shape index (κ3) is 7.43. The summed E-state index contributed by atoms with van der Waals surface area (Å²) in [5.74, 6) is -0.708. The second kappa shape index (κ2) is 10.5. The highest BCUT2D eigenvalue weighted by atomic mass is 31.2. The Hall–Kier alpha value is -1.68. The molecule has 1 saturated heterocycles. The lowest BCUT2D eigenvalue weighted by atomic mass is 9.99. The summed E-state index contributed by atoms with van der Waals surface area (Å²) in [6, 6.07) is 2.39.